The molecular formula is C15H22FN3O. The topological polar surface area (TPSA) is 44.4 Å². The van der Waals surface area contributed by atoms with Crippen molar-refractivity contribution in [1.82, 2.24) is 10.2 Å². The van der Waals surface area contributed by atoms with Gasteiger partial charge in [-0.3, -0.25) is 9.69 Å². The van der Waals surface area contributed by atoms with Crippen LogP contribution in [-0.4, -0.2) is 44.0 Å². The SMILES string of the molecule is CNCC1CCCN(CC(=O)Nc2ccccc2F)C1. The van der Waals surface area contributed by atoms with Gasteiger partial charge in [-0.15, -0.1) is 0 Å². The fourth-order valence-corrected chi connectivity index (χ4v) is 2.71. The van der Waals surface area contributed by atoms with Gasteiger partial charge < -0.3 is 10.6 Å². The standard InChI is InChI=1S/C15H22FN3O/c1-17-9-12-5-4-8-19(10-12)11-15(20)18-14-7-3-2-6-13(14)16/h2-3,6-7,12,17H,4-5,8-11H2,1H3,(H,18,20). The van der Waals surface area contributed by atoms with Crippen molar-refractivity contribution in [2.75, 3.05) is 38.5 Å². The molecule has 0 bridgehead atoms. The summed E-state index contributed by atoms with van der Waals surface area (Å²) in [5.41, 5.74) is 0.251. The Morgan fingerprint density at radius 2 is 2.25 bits per heavy atom. The summed E-state index contributed by atoms with van der Waals surface area (Å²) in [5, 5.41) is 5.81. The zero-order valence-electron chi connectivity index (χ0n) is 11.9. The van der Waals surface area contributed by atoms with E-state index in [1.165, 1.54) is 12.5 Å². The summed E-state index contributed by atoms with van der Waals surface area (Å²) >= 11 is 0. The number of halogens is 1. The fourth-order valence-electron chi connectivity index (χ4n) is 2.71. The maximum absolute atomic E-state index is 13.5. The third-order valence-electron chi connectivity index (χ3n) is 3.61. The average Bonchev–Trinajstić information content (AvgIpc) is 2.42. The van der Waals surface area contributed by atoms with E-state index in [0.29, 0.717) is 12.5 Å². The molecule has 20 heavy (non-hydrogen) atoms. The largest absolute Gasteiger partial charge is 0.322 e. The van der Waals surface area contributed by atoms with Gasteiger partial charge in [-0.05, 0) is 51.0 Å². The van der Waals surface area contributed by atoms with Crippen LogP contribution >= 0.6 is 0 Å². The maximum Gasteiger partial charge on any atom is 0.238 e. The minimum absolute atomic E-state index is 0.153. The van der Waals surface area contributed by atoms with Crippen molar-refractivity contribution >= 4 is 11.6 Å². The maximum atomic E-state index is 13.5. The van der Waals surface area contributed by atoms with Crippen molar-refractivity contribution in [3.8, 4) is 0 Å². The molecule has 1 unspecified atom stereocenters. The summed E-state index contributed by atoms with van der Waals surface area (Å²) in [6.07, 6.45) is 2.31. The van der Waals surface area contributed by atoms with Crippen LogP contribution in [0.5, 0.6) is 0 Å². The number of carbonyl (C=O) groups excluding carboxylic acids is 1. The van der Waals surface area contributed by atoms with Gasteiger partial charge in [-0.1, -0.05) is 12.1 Å². The first-order chi connectivity index (χ1) is 9.69. The quantitative estimate of drug-likeness (QED) is 0.862. The molecule has 0 aliphatic carbocycles. The third-order valence-corrected chi connectivity index (χ3v) is 3.61. The average molecular weight is 279 g/mol. The van der Waals surface area contributed by atoms with E-state index in [9.17, 15) is 9.18 Å². The molecule has 1 aliphatic rings. The van der Waals surface area contributed by atoms with Crippen LogP contribution in [0.2, 0.25) is 0 Å². The second-order valence-electron chi connectivity index (χ2n) is 5.33. The predicted octanol–water partition coefficient (Wildman–Crippen LogP) is 1.70. The Balaban J connectivity index is 1.84. The zero-order valence-corrected chi connectivity index (χ0v) is 11.9. The van der Waals surface area contributed by atoms with Crippen molar-refractivity contribution in [3.05, 3.63) is 30.1 Å². The Hall–Kier alpha value is -1.46. The Morgan fingerprint density at radius 1 is 1.45 bits per heavy atom. The molecular weight excluding hydrogens is 257 g/mol. The van der Waals surface area contributed by atoms with Gasteiger partial charge in [0, 0.05) is 6.54 Å². The monoisotopic (exact) mass is 279 g/mol. The van der Waals surface area contributed by atoms with Crippen molar-refractivity contribution in [2.45, 2.75) is 12.8 Å². The second kappa shape index (κ2) is 7.36. The number of amides is 1. The molecule has 110 valence electrons. The van der Waals surface area contributed by atoms with E-state index in [1.807, 2.05) is 7.05 Å². The van der Waals surface area contributed by atoms with Gasteiger partial charge in [-0.25, -0.2) is 4.39 Å². The van der Waals surface area contributed by atoms with Crippen molar-refractivity contribution < 1.29 is 9.18 Å². The van der Waals surface area contributed by atoms with Crippen molar-refractivity contribution in [3.63, 3.8) is 0 Å². The Bertz CT molecular complexity index is 450. The number of para-hydroxylation sites is 1. The molecule has 1 amide bonds. The molecule has 2 rings (SSSR count). The molecule has 1 aromatic rings. The van der Waals surface area contributed by atoms with Crippen LogP contribution in [-0.2, 0) is 4.79 Å². The molecule has 0 aromatic heterocycles. The fraction of sp³-hybridized carbons (Fsp3) is 0.533. The van der Waals surface area contributed by atoms with Gasteiger partial charge >= 0.3 is 0 Å². The van der Waals surface area contributed by atoms with E-state index in [4.69, 9.17) is 0 Å². The minimum atomic E-state index is -0.396. The molecule has 1 fully saturated rings. The summed E-state index contributed by atoms with van der Waals surface area (Å²) in [7, 11) is 1.95. The van der Waals surface area contributed by atoms with Crippen LogP contribution < -0.4 is 10.6 Å². The highest BCUT2D eigenvalue weighted by atomic mass is 19.1. The van der Waals surface area contributed by atoms with Gasteiger partial charge in [-0.2, -0.15) is 0 Å². The molecule has 2 N–H and O–H groups in total. The minimum Gasteiger partial charge on any atom is -0.322 e. The van der Waals surface area contributed by atoms with E-state index >= 15 is 0 Å². The molecule has 1 aliphatic heterocycles. The van der Waals surface area contributed by atoms with E-state index in [-0.39, 0.29) is 11.6 Å². The molecule has 1 saturated heterocycles. The van der Waals surface area contributed by atoms with Crippen LogP contribution in [0, 0.1) is 11.7 Å². The first-order valence-corrected chi connectivity index (χ1v) is 7.10. The smallest absolute Gasteiger partial charge is 0.238 e. The highest BCUT2D eigenvalue weighted by Gasteiger charge is 2.21. The first-order valence-electron chi connectivity index (χ1n) is 7.10. The lowest BCUT2D eigenvalue weighted by Crippen LogP contribution is -2.42. The number of hydrogen-bond acceptors (Lipinski definition) is 3. The molecule has 1 aromatic carbocycles. The molecule has 0 radical (unpaired) electrons. The lowest BCUT2D eigenvalue weighted by atomic mass is 9.98. The highest BCUT2D eigenvalue weighted by Crippen LogP contribution is 2.16. The van der Waals surface area contributed by atoms with E-state index in [2.05, 4.69) is 15.5 Å². The summed E-state index contributed by atoms with van der Waals surface area (Å²) in [4.78, 5) is 14.1. The Kier molecular flexibility index (Phi) is 5.49. The first kappa shape index (κ1) is 14.9. The third kappa shape index (κ3) is 4.28. The summed E-state index contributed by atoms with van der Waals surface area (Å²) in [5.74, 6) is 0.0442. The lowest BCUT2D eigenvalue weighted by Gasteiger charge is -2.32. The molecule has 1 heterocycles. The molecule has 0 spiro atoms. The van der Waals surface area contributed by atoms with Crippen molar-refractivity contribution in [2.24, 2.45) is 5.92 Å². The second-order valence-corrected chi connectivity index (χ2v) is 5.33. The predicted molar refractivity (Wildman–Crippen MR) is 78.1 cm³/mol. The number of likely N-dealkylation sites (tertiary alicyclic amines) is 1. The van der Waals surface area contributed by atoms with Gasteiger partial charge in [0.1, 0.15) is 5.82 Å². The summed E-state index contributed by atoms with van der Waals surface area (Å²) in [6.45, 7) is 3.16. The summed E-state index contributed by atoms with van der Waals surface area (Å²) < 4.78 is 13.5. The van der Waals surface area contributed by atoms with Crippen LogP contribution in [0.3, 0.4) is 0 Å². The number of anilines is 1. The zero-order chi connectivity index (χ0) is 14.4. The number of piperidine rings is 1. The van der Waals surface area contributed by atoms with Crippen LogP contribution in [0.1, 0.15) is 12.8 Å². The van der Waals surface area contributed by atoms with Crippen LogP contribution in [0.25, 0.3) is 0 Å². The van der Waals surface area contributed by atoms with Gasteiger partial charge in [0.25, 0.3) is 0 Å². The van der Waals surface area contributed by atoms with Gasteiger partial charge in [0.05, 0.1) is 12.2 Å². The molecule has 0 saturated carbocycles. The number of nitrogens with one attached hydrogen (secondary N) is 2. The van der Waals surface area contributed by atoms with E-state index < -0.39 is 5.82 Å². The number of hydrogen-bond donors (Lipinski definition) is 2. The van der Waals surface area contributed by atoms with Crippen molar-refractivity contribution in [1.29, 1.82) is 0 Å². The van der Waals surface area contributed by atoms with Gasteiger partial charge in [0.2, 0.25) is 5.91 Å². The highest BCUT2D eigenvalue weighted by molar-refractivity contribution is 5.92. The number of nitrogens with zero attached hydrogens (tertiary/aromatic N) is 1. The Morgan fingerprint density at radius 3 is 3.00 bits per heavy atom. The van der Waals surface area contributed by atoms with Crippen LogP contribution in [0.4, 0.5) is 10.1 Å². The number of rotatable bonds is 5. The molecule has 5 heteroatoms. The summed E-state index contributed by atoms with van der Waals surface area (Å²) in [6, 6.07) is 6.24. The number of carbonyl (C=O) groups is 1. The van der Waals surface area contributed by atoms with E-state index in [0.717, 1.165) is 26.1 Å². The van der Waals surface area contributed by atoms with Crippen LogP contribution in [0.15, 0.2) is 24.3 Å². The normalized spacial score (nSPS) is 19.8. The van der Waals surface area contributed by atoms with E-state index in [1.54, 1.807) is 18.2 Å². The lowest BCUT2D eigenvalue weighted by molar-refractivity contribution is -0.117. The molecule has 1 atom stereocenters. The molecule has 4 nitrogen and oxygen atoms in total. The van der Waals surface area contributed by atoms with Gasteiger partial charge in [0.15, 0.2) is 0 Å². The number of benzene rings is 1. The Labute approximate surface area is 119 Å².